The van der Waals surface area contributed by atoms with E-state index < -0.39 is 5.97 Å². The molecule has 0 bridgehead atoms. The standard InChI is InChI=1S/C16H23NO4/c1-3-10-21-14-7-4-13(5-8-14)6-9-15(18)17-12(2)11-16(19)20/h4-5,7-8,12H,3,6,9-11H2,1-2H3,(H,17,18)(H,19,20). The number of carboxylic acid groups (broad SMARTS) is 1. The number of aryl methyl sites for hydroxylation is 1. The Morgan fingerprint density at radius 2 is 1.95 bits per heavy atom. The summed E-state index contributed by atoms with van der Waals surface area (Å²) >= 11 is 0. The Kier molecular flexibility index (Phi) is 7.29. The molecule has 0 spiro atoms. The van der Waals surface area contributed by atoms with Crippen LogP contribution in [0.2, 0.25) is 0 Å². The second-order valence-corrected chi connectivity index (χ2v) is 5.06. The third-order valence-electron chi connectivity index (χ3n) is 2.93. The van der Waals surface area contributed by atoms with Crippen LogP contribution in [0.3, 0.4) is 0 Å². The molecule has 1 aromatic carbocycles. The fraction of sp³-hybridized carbons (Fsp3) is 0.500. The van der Waals surface area contributed by atoms with E-state index in [0.29, 0.717) is 19.4 Å². The van der Waals surface area contributed by atoms with Crippen LogP contribution in [-0.4, -0.2) is 29.6 Å². The van der Waals surface area contributed by atoms with Gasteiger partial charge in [-0.15, -0.1) is 0 Å². The molecule has 21 heavy (non-hydrogen) atoms. The van der Waals surface area contributed by atoms with Crippen LogP contribution >= 0.6 is 0 Å². The summed E-state index contributed by atoms with van der Waals surface area (Å²) in [5.41, 5.74) is 1.06. The second-order valence-electron chi connectivity index (χ2n) is 5.06. The van der Waals surface area contributed by atoms with E-state index in [9.17, 15) is 9.59 Å². The Hall–Kier alpha value is -2.04. The first-order valence-electron chi connectivity index (χ1n) is 7.24. The van der Waals surface area contributed by atoms with Crippen LogP contribution in [0.5, 0.6) is 5.75 Å². The van der Waals surface area contributed by atoms with Gasteiger partial charge in [0.25, 0.3) is 0 Å². The lowest BCUT2D eigenvalue weighted by molar-refractivity contribution is -0.137. The van der Waals surface area contributed by atoms with Gasteiger partial charge in [0, 0.05) is 12.5 Å². The summed E-state index contributed by atoms with van der Waals surface area (Å²) < 4.78 is 5.49. The zero-order valence-electron chi connectivity index (χ0n) is 12.6. The van der Waals surface area contributed by atoms with E-state index in [1.807, 2.05) is 24.3 Å². The van der Waals surface area contributed by atoms with Gasteiger partial charge in [0.1, 0.15) is 5.75 Å². The van der Waals surface area contributed by atoms with Crippen LogP contribution in [0.1, 0.15) is 38.7 Å². The van der Waals surface area contributed by atoms with Crippen molar-refractivity contribution in [2.45, 2.75) is 45.6 Å². The smallest absolute Gasteiger partial charge is 0.305 e. The number of carbonyl (C=O) groups is 2. The Labute approximate surface area is 125 Å². The maximum atomic E-state index is 11.7. The van der Waals surface area contributed by atoms with Crippen LogP contribution in [-0.2, 0) is 16.0 Å². The lowest BCUT2D eigenvalue weighted by atomic mass is 10.1. The van der Waals surface area contributed by atoms with Crippen LogP contribution in [0.25, 0.3) is 0 Å². The second kappa shape index (κ2) is 9.00. The van der Waals surface area contributed by atoms with Crippen molar-refractivity contribution in [3.63, 3.8) is 0 Å². The normalized spacial score (nSPS) is 11.7. The fourth-order valence-corrected chi connectivity index (χ4v) is 1.89. The Morgan fingerprint density at radius 1 is 1.29 bits per heavy atom. The molecule has 5 nitrogen and oxygen atoms in total. The maximum absolute atomic E-state index is 11.7. The third-order valence-corrected chi connectivity index (χ3v) is 2.93. The molecule has 1 unspecified atom stereocenters. The molecule has 1 aromatic rings. The maximum Gasteiger partial charge on any atom is 0.305 e. The number of carbonyl (C=O) groups excluding carboxylic acids is 1. The minimum atomic E-state index is -0.912. The predicted molar refractivity (Wildman–Crippen MR) is 80.4 cm³/mol. The largest absolute Gasteiger partial charge is 0.494 e. The SMILES string of the molecule is CCCOc1ccc(CCC(=O)NC(C)CC(=O)O)cc1. The van der Waals surface area contributed by atoms with E-state index in [2.05, 4.69) is 12.2 Å². The molecule has 0 saturated carbocycles. The number of hydrogen-bond acceptors (Lipinski definition) is 3. The molecule has 2 N–H and O–H groups in total. The van der Waals surface area contributed by atoms with E-state index in [1.54, 1.807) is 6.92 Å². The third kappa shape index (κ3) is 7.34. The van der Waals surface area contributed by atoms with Gasteiger partial charge in [-0.3, -0.25) is 9.59 Å². The summed E-state index contributed by atoms with van der Waals surface area (Å²) in [4.78, 5) is 22.2. The highest BCUT2D eigenvalue weighted by Gasteiger charge is 2.10. The van der Waals surface area contributed by atoms with Gasteiger partial charge in [-0.05, 0) is 37.5 Å². The molecule has 0 aliphatic rings. The van der Waals surface area contributed by atoms with Crippen molar-refractivity contribution in [2.24, 2.45) is 0 Å². The summed E-state index contributed by atoms with van der Waals surface area (Å²) in [5.74, 6) is -0.208. The molecule has 0 aliphatic carbocycles. The molecule has 0 radical (unpaired) electrons. The first-order chi connectivity index (χ1) is 10.0. The monoisotopic (exact) mass is 293 g/mol. The first kappa shape index (κ1) is 17.0. The number of hydrogen-bond donors (Lipinski definition) is 2. The zero-order chi connectivity index (χ0) is 15.7. The zero-order valence-corrected chi connectivity index (χ0v) is 12.6. The molecular weight excluding hydrogens is 270 g/mol. The number of nitrogens with one attached hydrogen (secondary N) is 1. The Morgan fingerprint density at radius 3 is 2.52 bits per heavy atom. The van der Waals surface area contributed by atoms with Crippen LogP contribution in [0, 0.1) is 0 Å². The van der Waals surface area contributed by atoms with Crippen molar-refractivity contribution < 1.29 is 19.4 Å². The Balaban J connectivity index is 2.34. The van der Waals surface area contributed by atoms with Crippen LogP contribution in [0.4, 0.5) is 0 Å². The first-order valence-corrected chi connectivity index (χ1v) is 7.24. The molecule has 0 aromatic heterocycles. The average molecular weight is 293 g/mol. The highest BCUT2D eigenvalue weighted by Crippen LogP contribution is 2.13. The molecule has 5 heteroatoms. The van der Waals surface area contributed by atoms with E-state index in [4.69, 9.17) is 9.84 Å². The van der Waals surface area contributed by atoms with E-state index >= 15 is 0 Å². The molecule has 0 fully saturated rings. The molecule has 116 valence electrons. The number of carboxylic acids is 1. The minimum Gasteiger partial charge on any atom is -0.494 e. The van der Waals surface area contributed by atoms with Gasteiger partial charge >= 0.3 is 5.97 Å². The summed E-state index contributed by atoms with van der Waals surface area (Å²) in [6.45, 7) is 4.44. The fourth-order valence-electron chi connectivity index (χ4n) is 1.89. The van der Waals surface area contributed by atoms with Gasteiger partial charge in [-0.1, -0.05) is 19.1 Å². The highest BCUT2D eigenvalue weighted by molar-refractivity contribution is 5.77. The molecule has 1 atom stereocenters. The van der Waals surface area contributed by atoms with E-state index in [1.165, 1.54) is 0 Å². The average Bonchev–Trinajstić information content (AvgIpc) is 2.43. The molecule has 0 aliphatic heterocycles. The topological polar surface area (TPSA) is 75.6 Å². The lowest BCUT2D eigenvalue weighted by Gasteiger charge is -2.11. The Bertz CT molecular complexity index is 456. The summed E-state index contributed by atoms with van der Waals surface area (Å²) in [6, 6.07) is 7.34. The van der Waals surface area contributed by atoms with E-state index in [-0.39, 0.29) is 18.4 Å². The van der Waals surface area contributed by atoms with Crippen molar-refractivity contribution in [1.82, 2.24) is 5.32 Å². The quantitative estimate of drug-likeness (QED) is 0.733. The number of amides is 1. The van der Waals surface area contributed by atoms with E-state index in [0.717, 1.165) is 17.7 Å². The molecule has 1 rings (SSSR count). The van der Waals surface area contributed by atoms with Gasteiger partial charge < -0.3 is 15.2 Å². The van der Waals surface area contributed by atoms with Crippen molar-refractivity contribution in [2.75, 3.05) is 6.61 Å². The molecule has 1 amide bonds. The number of ether oxygens (including phenoxy) is 1. The molecule has 0 heterocycles. The van der Waals surface area contributed by atoms with Crippen molar-refractivity contribution in [3.8, 4) is 5.75 Å². The predicted octanol–water partition coefficient (Wildman–Crippen LogP) is 2.39. The summed E-state index contributed by atoms with van der Waals surface area (Å²) in [5, 5.41) is 11.3. The van der Waals surface area contributed by atoms with Crippen LogP contribution < -0.4 is 10.1 Å². The molecule has 0 saturated heterocycles. The molecular formula is C16H23NO4. The van der Waals surface area contributed by atoms with Gasteiger partial charge in [0.15, 0.2) is 0 Å². The summed E-state index contributed by atoms with van der Waals surface area (Å²) in [7, 11) is 0. The highest BCUT2D eigenvalue weighted by atomic mass is 16.5. The van der Waals surface area contributed by atoms with Gasteiger partial charge in [-0.2, -0.15) is 0 Å². The van der Waals surface area contributed by atoms with Gasteiger partial charge in [-0.25, -0.2) is 0 Å². The van der Waals surface area contributed by atoms with Crippen molar-refractivity contribution in [1.29, 1.82) is 0 Å². The van der Waals surface area contributed by atoms with Crippen molar-refractivity contribution >= 4 is 11.9 Å². The summed E-state index contributed by atoms with van der Waals surface area (Å²) in [6.07, 6.45) is 1.88. The van der Waals surface area contributed by atoms with Gasteiger partial charge in [0.05, 0.1) is 13.0 Å². The van der Waals surface area contributed by atoms with Crippen molar-refractivity contribution in [3.05, 3.63) is 29.8 Å². The number of benzene rings is 1. The van der Waals surface area contributed by atoms with Crippen LogP contribution in [0.15, 0.2) is 24.3 Å². The minimum absolute atomic E-state index is 0.0603. The number of rotatable bonds is 9. The van der Waals surface area contributed by atoms with Gasteiger partial charge in [0.2, 0.25) is 5.91 Å². The number of aliphatic carboxylic acids is 1. The lowest BCUT2D eigenvalue weighted by Crippen LogP contribution is -2.34.